The molecule has 2 rings (SSSR count). The van der Waals surface area contributed by atoms with Gasteiger partial charge in [-0.2, -0.15) is 0 Å². The second-order valence-corrected chi connectivity index (χ2v) is 4.68. The van der Waals surface area contributed by atoms with Gasteiger partial charge in [0.1, 0.15) is 5.75 Å². The molecule has 0 spiro atoms. The van der Waals surface area contributed by atoms with Gasteiger partial charge in [-0.3, -0.25) is 4.98 Å². The molecule has 0 fully saturated rings. The standard InChI is InChI=1S/C16H20N2O/c1-12-9-14(11-17)10-13(2)16(12)19-8-6-15-5-3-4-7-18-15/h3-5,7,9-10H,6,8,11,17H2,1-2H3. The van der Waals surface area contributed by atoms with E-state index in [1.165, 1.54) is 0 Å². The van der Waals surface area contributed by atoms with Crippen molar-refractivity contribution in [1.29, 1.82) is 0 Å². The van der Waals surface area contributed by atoms with Crippen LogP contribution in [0.2, 0.25) is 0 Å². The molecule has 100 valence electrons. The summed E-state index contributed by atoms with van der Waals surface area (Å²) in [5, 5.41) is 0. The third-order valence-corrected chi connectivity index (χ3v) is 3.09. The predicted molar refractivity (Wildman–Crippen MR) is 77.2 cm³/mol. The molecule has 3 heteroatoms. The molecule has 1 heterocycles. The molecule has 19 heavy (non-hydrogen) atoms. The maximum Gasteiger partial charge on any atom is 0.125 e. The van der Waals surface area contributed by atoms with E-state index in [1.807, 2.05) is 24.4 Å². The van der Waals surface area contributed by atoms with Gasteiger partial charge in [0, 0.05) is 24.9 Å². The lowest BCUT2D eigenvalue weighted by Crippen LogP contribution is -2.06. The second kappa shape index (κ2) is 6.34. The molecule has 1 aromatic heterocycles. The van der Waals surface area contributed by atoms with E-state index in [9.17, 15) is 0 Å². The SMILES string of the molecule is Cc1cc(CN)cc(C)c1OCCc1ccccn1. The van der Waals surface area contributed by atoms with E-state index >= 15 is 0 Å². The zero-order chi connectivity index (χ0) is 13.7. The Kier molecular flexibility index (Phi) is 4.53. The van der Waals surface area contributed by atoms with E-state index in [2.05, 4.69) is 31.0 Å². The van der Waals surface area contributed by atoms with Gasteiger partial charge in [0.2, 0.25) is 0 Å². The summed E-state index contributed by atoms with van der Waals surface area (Å²) >= 11 is 0. The third kappa shape index (κ3) is 3.55. The monoisotopic (exact) mass is 256 g/mol. The highest BCUT2D eigenvalue weighted by molar-refractivity contribution is 5.43. The van der Waals surface area contributed by atoms with Crippen LogP contribution < -0.4 is 10.5 Å². The number of aryl methyl sites for hydroxylation is 2. The number of rotatable bonds is 5. The fourth-order valence-electron chi connectivity index (χ4n) is 2.19. The number of hydrogen-bond donors (Lipinski definition) is 1. The molecular weight excluding hydrogens is 236 g/mol. The van der Waals surface area contributed by atoms with Gasteiger partial charge in [-0.1, -0.05) is 18.2 Å². The largest absolute Gasteiger partial charge is 0.493 e. The predicted octanol–water partition coefficient (Wildman–Crippen LogP) is 2.78. The molecule has 2 N–H and O–H groups in total. The molecule has 0 radical (unpaired) electrons. The zero-order valence-corrected chi connectivity index (χ0v) is 11.5. The number of nitrogens with two attached hydrogens (primary N) is 1. The summed E-state index contributed by atoms with van der Waals surface area (Å²) in [6.45, 7) is 5.32. The second-order valence-electron chi connectivity index (χ2n) is 4.68. The molecular formula is C16H20N2O. The lowest BCUT2D eigenvalue weighted by Gasteiger charge is -2.13. The number of hydrogen-bond acceptors (Lipinski definition) is 3. The summed E-state index contributed by atoms with van der Waals surface area (Å²) in [6, 6.07) is 10.1. The lowest BCUT2D eigenvalue weighted by atomic mass is 10.1. The number of nitrogens with zero attached hydrogens (tertiary/aromatic N) is 1. The van der Waals surface area contributed by atoms with Crippen LogP contribution in [0.4, 0.5) is 0 Å². The van der Waals surface area contributed by atoms with Crippen LogP contribution in [-0.4, -0.2) is 11.6 Å². The van der Waals surface area contributed by atoms with Gasteiger partial charge in [-0.25, -0.2) is 0 Å². The fourth-order valence-corrected chi connectivity index (χ4v) is 2.19. The molecule has 0 aliphatic rings. The average Bonchev–Trinajstić information content (AvgIpc) is 2.42. The van der Waals surface area contributed by atoms with Crippen LogP contribution in [0.15, 0.2) is 36.5 Å². The van der Waals surface area contributed by atoms with Crippen molar-refractivity contribution in [2.24, 2.45) is 5.73 Å². The molecule has 0 bridgehead atoms. The minimum absolute atomic E-state index is 0.565. The van der Waals surface area contributed by atoms with E-state index in [-0.39, 0.29) is 0 Å². The van der Waals surface area contributed by atoms with Crippen molar-refractivity contribution in [3.05, 3.63) is 58.9 Å². The molecule has 0 amide bonds. The normalized spacial score (nSPS) is 10.5. The van der Waals surface area contributed by atoms with Crippen LogP contribution in [0.3, 0.4) is 0 Å². The van der Waals surface area contributed by atoms with Crippen LogP contribution in [0.1, 0.15) is 22.4 Å². The van der Waals surface area contributed by atoms with E-state index in [0.29, 0.717) is 13.2 Å². The Morgan fingerprint density at radius 1 is 1.16 bits per heavy atom. The number of pyridine rings is 1. The molecule has 1 aromatic carbocycles. The van der Waals surface area contributed by atoms with Gasteiger partial charge in [0.05, 0.1) is 6.61 Å². The lowest BCUT2D eigenvalue weighted by molar-refractivity contribution is 0.316. The molecule has 0 saturated heterocycles. The molecule has 0 aliphatic carbocycles. The maximum absolute atomic E-state index is 5.89. The van der Waals surface area contributed by atoms with Crippen molar-refractivity contribution in [2.45, 2.75) is 26.8 Å². The fraction of sp³-hybridized carbons (Fsp3) is 0.312. The first-order valence-corrected chi connectivity index (χ1v) is 6.53. The summed E-state index contributed by atoms with van der Waals surface area (Å²) in [4.78, 5) is 4.29. The Bertz CT molecular complexity index is 515. The first-order chi connectivity index (χ1) is 9.20. The van der Waals surface area contributed by atoms with Crippen LogP contribution in [0.25, 0.3) is 0 Å². The van der Waals surface area contributed by atoms with Gasteiger partial charge in [0.15, 0.2) is 0 Å². The van der Waals surface area contributed by atoms with Gasteiger partial charge < -0.3 is 10.5 Å². The summed E-state index contributed by atoms with van der Waals surface area (Å²) in [5.41, 5.74) is 10.1. The highest BCUT2D eigenvalue weighted by Crippen LogP contribution is 2.24. The van der Waals surface area contributed by atoms with Crippen molar-refractivity contribution < 1.29 is 4.74 Å². The minimum atomic E-state index is 0.565. The van der Waals surface area contributed by atoms with Crippen LogP contribution >= 0.6 is 0 Å². The summed E-state index contributed by atoms with van der Waals surface area (Å²) in [6.07, 6.45) is 2.63. The molecule has 0 saturated carbocycles. The Hall–Kier alpha value is -1.87. The van der Waals surface area contributed by atoms with Gasteiger partial charge in [0.25, 0.3) is 0 Å². The minimum Gasteiger partial charge on any atom is -0.493 e. The third-order valence-electron chi connectivity index (χ3n) is 3.09. The average molecular weight is 256 g/mol. The van der Waals surface area contributed by atoms with Crippen molar-refractivity contribution in [3.8, 4) is 5.75 Å². The smallest absolute Gasteiger partial charge is 0.125 e. The summed E-state index contributed by atoms with van der Waals surface area (Å²) in [7, 11) is 0. The topological polar surface area (TPSA) is 48.1 Å². The van der Waals surface area contributed by atoms with Crippen molar-refractivity contribution in [2.75, 3.05) is 6.61 Å². The van der Waals surface area contributed by atoms with E-state index < -0.39 is 0 Å². The van der Waals surface area contributed by atoms with E-state index in [0.717, 1.165) is 34.6 Å². The van der Waals surface area contributed by atoms with Gasteiger partial charge in [-0.15, -0.1) is 0 Å². The van der Waals surface area contributed by atoms with Crippen LogP contribution in [-0.2, 0) is 13.0 Å². The van der Waals surface area contributed by atoms with Gasteiger partial charge in [-0.05, 0) is 42.7 Å². The number of benzene rings is 1. The molecule has 3 nitrogen and oxygen atoms in total. The Balaban J connectivity index is 2.00. The number of aromatic nitrogens is 1. The summed E-state index contributed by atoms with van der Waals surface area (Å²) < 4.78 is 5.89. The molecule has 0 unspecified atom stereocenters. The molecule has 0 aliphatic heterocycles. The number of ether oxygens (including phenoxy) is 1. The first-order valence-electron chi connectivity index (χ1n) is 6.53. The van der Waals surface area contributed by atoms with Crippen molar-refractivity contribution >= 4 is 0 Å². The summed E-state index contributed by atoms with van der Waals surface area (Å²) in [5.74, 6) is 0.966. The highest BCUT2D eigenvalue weighted by Gasteiger charge is 2.06. The first kappa shape index (κ1) is 13.6. The van der Waals surface area contributed by atoms with Crippen molar-refractivity contribution in [1.82, 2.24) is 4.98 Å². The Labute approximate surface area is 114 Å². The Morgan fingerprint density at radius 2 is 1.89 bits per heavy atom. The van der Waals surface area contributed by atoms with Crippen LogP contribution in [0.5, 0.6) is 5.75 Å². The zero-order valence-electron chi connectivity index (χ0n) is 11.5. The highest BCUT2D eigenvalue weighted by atomic mass is 16.5. The van der Waals surface area contributed by atoms with E-state index in [1.54, 1.807) is 0 Å². The van der Waals surface area contributed by atoms with Crippen molar-refractivity contribution in [3.63, 3.8) is 0 Å². The molecule has 2 aromatic rings. The molecule has 0 atom stereocenters. The quantitative estimate of drug-likeness (QED) is 0.895. The van der Waals surface area contributed by atoms with Gasteiger partial charge >= 0.3 is 0 Å². The maximum atomic E-state index is 5.89. The van der Waals surface area contributed by atoms with Crippen LogP contribution in [0, 0.1) is 13.8 Å². The Morgan fingerprint density at radius 3 is 2.47 bits per heavy atom. The van der Waals surface area contributed by atoms with E-state index in [4.69, 9.17) is 10.5 Å².